The number of benzene rings is 1. The summed E-state index contributed by atoms with van der Waals surface area (Å²) in [6.45, 7) is 3.54. The summed E-state index contributed by atoms with van der Waals surface area (Å²) in [5.74, 6) is -3.07. The van der Waals surface area contributed by atoms with Crippen LogP contribution in [0.1, 0.15) is 19.4 Å². The lowest BCUT2D eigenvalue weighted by molar-refractivity contribution is -0.175. The number of aliphatic hydroxyl groups excluding tert-OH is 1. The number of hydrogen-bond donors (Lipinski definition) is 2. The molecule has 9 nitrogen and oxygen atoms in total. The van der Waals surface area contributed by atoms with Crippen molar-refractivity contribution in [3.05, 3.63) is 35.9 Å². The number of aliphatic hydroxyl groups is 1. The quantitative estimate of drug-likeness (QED) is 0.444. The van der Waals surface area contributed by atoms with Crippen molar-refractivity contribution >= 4 is 35.5 Å². The number of carbonyl (C=O) groups excluding carboxylic acids is 4. The molecule has 4 atom stereocenters. The van der Waals surface area contributed by atoms with Gasteiger partial charge in [-0.15, -0.1) is 11.8 Å². The summed E-state index contributed by atoms with van der Waals surface area (Å²) in [6.07, 6.45) is -1.59. The van der Waals surface area contributed by atoms with E-state index in [1.165, 1.54) is 30.8 Å². The van der Waals surface area contributed by atoms with Crippen molar-refractivity contribution in [1.29, 1.82) is 0 Å². The monoisotopic (exact) mass is 449 g/mol. The highest BCUT2D eigenvalue weighted by Crippen LogP contribution is 2.54. The third-order valence-corrected chi connectivity index (χ3v) is 7.15. The van der Waals surface area contributed by atoms with E-state index in [1.807, 2.05) is 44.2 Å². The van der Waals surface area contributed by atoms with E-state index in [9.17, 15) is 24.3 Å². The van der Waals surface area contributed by atoms with E-state index < -0.39 is 46.0 Å². The summed E-state index contributed by atoms with van der Waals surface area (Å²) < 4.78 is 4.80. The van der Waals surface area contributed by atoms with Crippen LogP contribution in [0.3, 0.4) is 0 Å². The normalized spacial score (nSPS) is 24.6. The molecule has 1 aromatic rings. The smallest absolute Gasteiger partial charge is 0.330 e. The second kappa shape index (κ2) is 8.88. The van der Waals surface area contributed by atoms with E-state index in [1.54, 1.807) is 0 Å². The fourth-order valence-corrected chi connectivity index (χ4v) is 5.59. The SMILES string of the molecule is CNC(=O)CN(C)C(=O)[C@@H](O)[C@@H]1C(=O)N2[C@@H]1SC(C)(C)[C@@H]2C(=O)OCc1ccccc1. The maximum absolute atomic E-state index is 12.9. The average Bonchev–Trinajstić information content (AvgIpc) is 2.99. The molecule has 0 unspecified atom stereocenters. The molecule has 2 N–H and O–H groups in total. The zero-order valence-electron chi connectivity index (χ0n) is 17.9. The molecule has 0 radical (unpaired) electrons. The van der Waals surface area contributed by atoms with Crippen LogP contribution in [0.2, 0.25) is 0 Å². The van der Waals surface area contributed by atoms with Crippen LogP contribution < -0.4 is 5.32 Å². The lowest BCUT2D eigenvalue weighted by Crippen LogP contribution is -2.67. The molecule has 0 aliphatic carbocycles. The summed E-state index contributed by atoms with van der Waals surface area (Å²) >= 11 is 1.36. The third-order valence-electron chi connectivity index (χ3n) is 5.56. The molecule has 3 rings (SSSR count). The van der Waals surface area contributed by atoms with Crippen LogP contribution in [0.15, 0.2) is 30.3 Å². The minimum absolute atomic E-state index is 0.0957. The van der Waals surface area contributed by atoms with Crippen molar-refractivity contribution in [2.75, 3.05) is 20.6 Å². The van der Waals surface area contributed by atoms with Crippen molar-refractivity contribution in [2.45, 2.75) is 42.7 Å². The van der Waals surface area contributed by atoms with Gasteiger partial charge >= 0.3 is 5.97 Å². The van der Waals surface area contributed by atoms with Gasteiger partial charge in [-0.05, 0) is 19.4 Å². The Balaban J connectivity index is 1.68. The topological polar surface area (TPSA) is 116 Å². The second-order valence-corrected chi connectivity index (χ2v) is 9.96. The Morgan fingerprint density at radius 2 is 1.94 bits per heavy atom. The van der Waals surface area contributed by atoms with Gasteiger partial charge in [0.1, 0.15) is 24.7 Å². The summed E-state index contributed by atoms with van der Waals surface area (Å²) in [5, 5.41) is 12.4. The molecule has 0 bridgehead atoms. The summed E-state index contributed by atoms with van der Waals surface area (Å²) in [7, 11) is 2.83. The van der Waals surface area contributed by atoms with Crippen LogP contribution in [-0.4, -0.2) is 81.5 Å². The molecular weight excluding hydrogens is 422 g/mol. The molecule has 2 fully saturated rings. The van der Waals surface area contributed by atoms with Gasteiger partial charge in [-0.3, -0.25) is 14.4 Å². The van der Waals surface area contributed by atoms with Crippen LogP contribution in [0, 0.1) is 5.92 Å². The third kappa shape index (κ3) is 4.40. The number of esters is 1. The van der Waals surface area contributed by atoms with Crippen molar-refractivity contribution in [3.8, 4) is 0 Å². The number of nitrogens with one attached hydrogen (secondary N) is 1. The van der Waals surface area contributed by atoms with Gasteiger partial charge in [0.25, 0.3) is 5.91 Å². The standard InChI is InChI=1S/C21H27N3O6S/c1-21(2)16(20(29)30-11-12-8-6-5-7-9-12)24-17(27)14(19(24)31-21)15(26)18(28)23(4)10-13(25)22-3/h5-9,14-16,19,26H,10-11H2,1-4H3,(H,22,25)/t14-,15+,16+,19-/m1/s1. The molecule has 2 saturated heterocycles. The largest absolute Gasteiger partial charge is 0.459 e. The number of carbonyl (C=O) groups is 4. The van der Waals surface area contributed by atoms with Gasteiger partial charge in [0.05, 0.1) is 11.9 Å². The van der Waals surface area contributed by atoms with E-state index >= 15 is 0 Å². The minimum Gasteiger partial charge on any atom is -0.459 e. The maximum atomic E-state index is 12.9. The fraction of sp³-hybridized carbons (Fsp3) is 0.524. The first-order chi connectivity index (χ1) is 14.6. The predicted molar refractivity (Wildman–Crippen MR) is 114 cm³/mol. The van der Waals surface area contributed by atoms with Crippen molar-refractivity contribution < 1.29 is 29.0 Å². The molecule has 2 aliphatic rings. The number of amides is 3. The first-order valence-corrected chi connectivity index (χ1v) is 10.8. The number of β-lactam (4-membered cyclic amide) rings is 1. The molecule has 2 aliphatic heterocycles. The summed E-state index contributed by atoms with van der Waals surface area (Å²) in [5.41, 5.74) is 0.837. The highest BCUT2D eigenvalue weighted by Gasteiger charge is 2.66. The number of rotatable bonds is 7. The number of ether oxygens (including phenoxy) is 1. The zero-order chi connectivity index (χ0) is 22.9. The van der Waals surface area contributed by atoms with E-state index in [0.717, 1.165) is 10.5 Å². The second-order valence-electron chi connectivity index (χ2n) is 8.19. The first kappa shape index (κ1) is 23.1. The Bertz CT molecular complexity index is 877. The maximum Gasteiger partial charge on any atom is 0.330 e. The Morgan fingerprint density at radius 1 is 1.29 bits per heavy atom. The van der Waals surface area contributed by atoms with Gasteiger partial charge in [0, 0.05) is 18.8 Å². The summed E-state index contributed by atoms with van der Waals surface area (Å²) in [4.78, 5) is 52.2. The van der Waals surface area contributed by atoms with E-state index in [-0.39, 0.29) is 19.1 Å². The molecular formula is C21H27N3O6S. The molecule has 0 aromatic heterocycles. The van der Waals surface area contributed by atoms with Gasteiger partial charge in [0.2, 0.25) is 11.8 Å². The van der Waals surface area contributed by atoms with Gasteiger partial charge in [-0.25, -0.2) is 4.79 Å². The minimum atomic E-state index is -1.59. The number of thioether (sulfide) groups is 1. The van der Waals surface area contributed by atoms with Crippen molar-refractivity contribution in [1.82, 2.24) is 15.1 Å². The highest BCUT2D eigenvalue weighted by molar-refractivity contribution is 8.01. The van der Waals surface area contributed by atoms with Crippen LogP contribution >= 0.6 is 11.8 Å². The Labute approximate surface area is 185 Å². The Kier molecular flexibility index (Phi) is 6.61. The molecule has 0 spiro atoms. The molecule has 2 heterocycles. The molecule has 3 amide bonds. The average molecular weight is 450 g/mol. The van der Waals surface area contributed by atoms with E-state index in [0.29, 0.717) is 0 Å². The molecule has 10 heteroatoms. The van der Waals surface area contributed by atoms with Gasteiger partial charge < -0.3 is 25.0 Å². The van der Waals surface area contributed by atoms with Crippen molar-refractivity contribution in [2.24, 2.45) is 5.92 Å². The summed E-state index contributed by atoms with van der Waals surface area (Å²) in [6, 6.07) is 8.42. The molecule has 31 heavy (non-hydrogen) atoms. The van der Waals surface area contributed by atoms with Gasteiger partial charge in [0.15, 0.2) is 0 Å². The van der Waals surface area contributed by atoms with Crippen LogP contribution in [0.4, 0.5) is 0 Å². The van der Waals surface area contributed by atoms with E-state index in [4.69, 9.17) is 4.74 Å². The molecule has 0 saturated carbocycles. The van der Waals surface area contributed by atoms with Crippen LogP contribution in [0.5, 0.6) is 0 Å². The van der Waals surface area contributed by atoms with Crippen molar-refractivity contribution in [3.63, 3.8) is 0 Å². The molecule has 1 aromatic carbocycles. The van der Waals surface area contributed by atoms with Gasteiger partial charge in [-0.2, -0.15) is 0 Å². The van der Waals surface area contributed by atoms with Crippen LogP contribution in [0.25, 0.3) is 0 Å². The highest BCUT2D eigenvalue weighted by atomic mass is 32.2. The number of fused-ring (bicyclic) bond motifs is 1. The lowest BCUT2D eigenvalue weighted by atomic mass is 9.87. The van der Waals surface area contributed by atoms with E-state index in [2.05, 4.69) is 5.32 Å². The Hall–Kier alpha value is -2.59. The number of nitrogens with zero attached hydrogens (tertiary/aromatic N) is 2. The first-order valence-electron chi connectivity index (χ1n) is 9.92. The number of hydrogen-bond acceptors (Lipinski definition) is 7. The number of likely N-dealkylation sites (N-methyl/N-ethyl adjacent to an activating group) is 2. The zero-order valence-corrected chi connectivity index (χ0v) is 18.7. The van der Waals surface area contributed by atoms with Gasteiger partial charge in [-0.1, -0.05) is 30.3 Å². The lowest BCUT2D eigenvalue weighted by Gasteiger charge is -2.45. The molecule has 168 valence electrons. The Morgan fingerprint density at radius 3 is 2.55 bits per heavy atom. The fourth-order valence-electron chi connectivity index (χ4n) is 3.87. The predicted octanol–water partition coefficient (Wildman–Crippen LogP) is -0.0264. The van der Waals surface area contributed by atoms with Crippen LogP contribution in [-0.2, 0) is 30.5 Å².